The Morgan fingerprint density at radius 3 is 2.65 bits per heavy atom. The highest BCUT2D eigenvalue weighted by Gasteiger charge is 2.43. The number of nitrogens with zero attached hydrogens (tertiary/aromatic N) is 1. The second-order valence-electron chi connectivity index (χ2n) is 11.0. The first-order chi connectivity index (χ1) is 17.5. The number of carbonyl (C=O) groups excluding carboxylic acids is 2. The van der Waals surface area contributed by atoms with Crippen molar-refractivity contribution in [3.8, 4) is 0 Å². The Balaban J connectivity index is 1.93. The summed E-state index contributed by atoms with van der Waals surface area (Å²) in [4.78, 5) is 31.1. The number of ether oxygens (including phenoxy) is 1. The van der Waals surface area contributed by atoms with E-state index in [-0.39, 0.29) is 18.1 Å². The number of Topliss-reactive ketones (excluding diaryl/α,β-unsaturated/α-hetero) is 1. The zero-order valence-electron chi connectivity index (χ0n) is 22.7. The van der Waals surface area contributed by atoms with Gasteiger partial charge in [-0.25, -0.2) is 4.98 Å². The number of thiazole rings is 1. The number of aliphatic hydroxyl groups is 2. The van der Waals surface area contributed by atoms with Crippen LogP contribution in [0.5, 0.6) is 0 Å². The molecule has 2 heterocycles. The Morgan fingerprint density at radius 2 is 1.97 bits per heavy atom. The predicted octanol–water partition coefficient (Wildman–Crippen LogP) is 5.23. The van der Waals surface area contributed by atoms with E-state index in [1.807, 2.05) is 32.0 Å². The van der Waals surface area contributed by atoms with Crippen molar-refractivity contribution in [3.05, 3.63) is 40.4 Å². The summed E-state index contributed by atoms with van der Waals surface area (Å²) in [6.07, 6.45) is 2.71. The molecule has 0 bridgehead atoms. The number of allylic oxidation sites excluding steroid dienone is 1. The third-order valence-corrected chi connectivity index (χ3v) is 8.85. The van der Waals surface area contributed by atoms with Crippen LogP contribution in [0.2, 0.25) is 0 Å². The molecule has 3 rings (SSSR count). The van der Waals surface area contributed by atoms with Crippen LogP contribution in [0.1, 0.15) is 89.8 Å². The minimum Gasteiger partial charge on any atom is -0.457 e. The summed E-state index contributed by atoms with van der Waals surface area (Å²) >= 11 is 1.54. The average molecular weight is 531 g/mol. The molecule has 5 atom stereocenters. The standard InChI is InChI=1S/C29H42N2O5S/c1-6-20-27(34)18(3)9-7-8-17(2)10-12-22(36-26(33)15-24(32)29(4,5)28(20)35)19-11-13-23-21(14-19)31-25(16-30)37-23/h10-11,13-14,18,20,22,24,27,32,34H,6-9,12,15-16,30H2,1-5H3. The second kappa shape index (κ2) is 12.6. The van der Waals surface area contributed by atoms with Crippen LogP contribution in [0.3, 0.4) is 0 Å². The molecule has 204 valence electrons. The highest BCUT2D eigenvalue weighted by Crippen LogP contribution is 2.35. The lowest BCUT2D eigenvalue weighted by atomic mass is 9.71. The number of cyclic esters (lactones) is 1. The smallest absolute Gasteiger partial charge is 0.309 e. The minimum atomic E-state index is -1.23. The van der Waals surface area contributed by atoms with Crippen molar-refractivity contribution in [2.24, 2.45) is 23.0 Å². The molecule has 0 spiro atoms. The lowest BCUT2D eigenvalue weighted by Gasteiger charge is -2.35. The number of hydrogen-bond acceptors (Lipinski definition) is 8. The zero-order chi connectivity index (χ0) is 27.3. The van der Waals surface area contributed by atoms with Crippen molar-refractivity contribution >= 4 is 33.3 Å². The Bertz CT molecular complexity index is 1120. The first kappa shape index (κ1) is 29.4. The van der Waals surface area contributed by atoms with Crippen molar-refractivity contribution in [1.29, 1.82) is 0 Å². The van der Waals surface area contributed by atoms with Gasteiger partial charge in [-0.2, -0.15) is 0 Å². The summed E-state index contributed by atoms with van der Waals surface area (Å²) < 4.78 is 6.93. The predicted molar refractivity (Wildman–Crippen MR) is 147 cm³/mol. The van der Waals surface area contributed by atoms with Gasteiger partial charge in [-0.15, -0.1) is 11.3 Å². The van der Waals surface area contributed by atoms with Gasteiger partial charge < -0.3 is 20.7 Å². The summed E-state index contributed by atoms with van der Waals surface area (Å²) in [7, 11) is 0. The third kappa shape index (κ3) is 7.05. The number of rotatable bonds is 3. The molecule has 1 aliphatic heterocycles. The van der Waals surface area contributed by atoms with Gasteiger partial charge in [-0.05, 0) is 56.2 Å². The molecule has 2 aromatic rings. The quantitative estimate of drug-likeness (QED) is 0.367. The van der Waals surface area contributed by atoms with E-state index in [2.05, 4.69) is 18.0 Å². The van der Waals surface area contributed by atoms with E-state index in [1.54, 1.807) is 25.2 Å². The van der Waals surface area contributed by atoms with E-state index in [0.29, 0.717) is 19.4 Å². The second-order valence-corrected chi connectivity index (χ2v) is 12.1. The number of benzene rings is 1. The molecular weight excluding hydrogens is 488 g/mol. The number of hydrogen-bond donors (Lipinski definition) is 3. The largest absolute Gasteiger partial charge is 0.457 e. The number of fused-ring (bicyclic) bond motifs is 1. The molecule has 4 N–H and O–H groups in total. The SMILES string of the molecule is CCC1C(=O)C(C)(C)C(O)CC(=O)OC(c2ccc3sc(CN)nc3c2)CC=C(C)CCCC(C)C1O. The van der Waals surface area contributed by atoms with Crippen LogP contribution in [0.4, 0.5) is 0 Å². The van der Waals surface area contributed by atoms with Crippen molar-refractivity contribution in [2.45, 2.75) is 98.0 Å². The monoisotopic (exact) mass is 530 g/mol. The van der Waals surface area contributed by atoms with E-state index >= 15 is 0 Å². The average Bonchev–Trinajstić information content (AvgIpc) is 3.28. The fourth-order valence-electron chi connectivity index (χ4n) is 5.06. The lowest BCUT2D eigenvalue weighted by molar-refractivity contribution is -0.156. The highest BCUT2D eigenvalue weighted by molar-refractivity contribution is 7.18. The topological polar surface area (TPSA) is 123 Å². The molecule has 0 radical (unpaired) electrons. The minimum absolute atomic E-state index is 0.0523. The van der Waals surface area contributed by atoms with Crippen LogP contribution < -0.4 is 5.73 Å². The molecule has 5 unspecified atom stereocenters. The molecule has 37 heavy (non-hydrogen) atoms. The van der Waals surface area contributed by atoms with Crippen molar-refractivity contribution in [1.82, 2.24) is 4.98 Å². The maximum absolute atomic E-state index is 13.5. The fraction of sp³-hybridized carbons (Fsp3) is 0.621. The van der Waals surface area contributed by atoms with E-state index < -0.39 is 35.6 Å². The maximum atomic E-state index is 13.5. The van der Waals surface area contributed by atoms with Gasteiger partial charge in [0.1, 0.15) is 16.9 Å². The number of nitrogens with two attached hydrogens (primary N) is 1. The van der Waals surface area contributed by atoms with Crippen LogP contribution in [0.15, 0.2) is 29.8 Å². The van der Waals surface area contributed by atoms with Gasteiger partial charge in [0.2, 0.25) is 0 Å². The number of carbonyl (C=O) groups is 2. The van der Waals surface area contributed by atoms with Gasteiger partial charge in [-0.1, -0.05) is 45.4 Å². The van der Waals surface area contributed by atoms with E-state index in [4.69, 9.17) is 10.5 Å². The summed E-state index contributed by atoms with van der Waals surface area (Å²) in [5, 5.41) is 22.8. The van der Waals surface area contributed by atoms with Crippen LogP contribution in [0.25, 0.3) is 10.2 Å². The molecule has 0 fully saturated rings. The summed E-state index contributed by atoms with van der Waals surface area (Å²) in [5.41, 5.74) is 7.37. The van der Waals surface area contributed by atoms with Crippen molar-refractivity contribution in [2.75, 3.05) is 0 Å². The molecular formula is C29H42N2O5S. The van der Waals surface area contributed by atoms with Crippen LogP contribution in [0, 0.1) is 17.3 Å². The molecule has 0 aliphatic carbocycles. The Labute approximate surface area is 224 Å². The maximum Gasteiger partial charge on any atom is 0.309 e. The van der Waals surface area contributed by atoms with Gasteiger partial charge in [0.15, 0.2) is 0 Å². The molecule has 1 aliphatic rings. The molecule has 0 saturated carbocycles. The molecule has 1 aromatic carbocycles. The number of esters is 1. The summed E-state index contributed by atoms with van der Waals surface area (Å²) in [6, 6.07) is 5.85. The van der Waals surface area contributed by atoms with Crippen LogP contribution in [-0.2, 0) is 20.9 Å². The number of aliphatic hydroxyl groups excluding tert-OH is 2. The fourth-order valence-corrected chi connectivity index (χ4v) is 5.88. The van der Waals surface area contributed by atoms with Gasteiger partial charge >= 0.3 is 5.97 Å². The lowest BCUT2D eigenvalue weighted by Crippen LogP contribution is -2.46. The van der Waals surface area contributed by atoms with Gasteiger partial charge in [0.05, 0.1) is 34.3 Å². The van der Waals surface area contributed by atoms with Gasteiger partial charge in [0, 0.05) is 18.9 Å². The number of aromatic nitrogens is 1. The highest BCUT2D eigenvalue weighted by atomic mass is 32.1. The van der Waals surface area contributed by atoms with E-state index in [0.717, 1.165) is 40.1 Å². The normalized spacial score (nSPS) is 28.6. The van der Waals surface area contributed by atoms with Crippen molar-refractivity contribution in [3.63, 3.8) is 0 Å². The molecule has 8 heteroatoms. The van der Waals surface area contributed by atoms with Crippen LogP contribution in [-0.4, -0.2) is 39.2 Å². The molecule has 7 nitrogen and oxygen atoms in total. The van der Waals surface area contributed by atoms with E-state index in [9.17, 15) is 19.8 Å². The summed E-state index contributed by atoms with van der Waals surface area (Å²) in [6.45, 7) is 9.57. The first-order valence-electron chi connectivity index (χ1n) is 13.3. The molecule has 0 saturated heterocycles. The summed E-state index contributed by atoms with van der Waals surface area (Å²) in [5.74, 6) is -1.45. The molecule has 0 amide bonds. The zero-order valence-corrected chi connectivity index (χ0v) is 23.5. The third-order valence-electron chi connectivity index (χ3n) is 7.79. The Morgan fingerprint density at radius 1 is 1.24 bits per heavy atom. The number of ketones is 1. The van der Waals surface area contributed by atoms with Crippen molar-refractivity contribution < 1.29 is 24.5 Å². The van der Waals surface area contributed by atoms with E-state index in [1.165, 1.54) is 5.57 Å². The van der Waals surface area contributed by atoms with Crippen LogP contribution >= 0.6 is 11.3 Å². The Hall–Kier alpha value is -2.13. The van der Waals surface area contributed by atoms with Gasteiger partial charge in [-0.3, -0.25) is 9.59 Å². The Kier molecular flexibility index (Phi) is 10.0. The molecule has 1 aromatic heterocycles. The van der Waals surface area contributed by atoms with Gasteiger partial charge in [0.25, 0.3) is 0 Å². The first-order valence-corrected chi connectivity index (χ1v) is 14.1.